The van der Waals surface area contributed by atoms with Crippen LogP contribution in [-0.2, 0) is 14.8 Å². The van der Waals surface area contributed by atoms with E-state index >= 15 is 0 Å². The highest BCUT2D eigenvalue weighted by atomic mass is 32.2. The predicted octanol–water partition coefficient (Wildman–Crippen LogP) is 6.94. The molecule has 0 aliphatic heterocycles. The molecule has 0 aliphatic carbocycles. The molecule has 0 aliphatic rings. The van der Waals surface area contributed by atoms with Crippen molar-refractivity contribution in [3.05, 3.63) is 107 Å². The van der Waals surface area contributed by atoms with Crippen molar-refractivity contribution < 1.29 is 27.1 Å². The van der Waals surface area contributed by atoms with Gasteiger partial charge in [-0.05, 0) is 80.4 Å². The summed E-state index contributed by atoms with van der Waals surface area (Å²) in [5.41, 5.74) is 2.57. The smallest absolute Gasteiger partial charge is 0.340 e. The number of aryl methyl sites for hydroxylation is 2. The van der Waals surface area contributed by atoms with E-state index in [2.05, 4.69) is 9.44 Å². The highest BCUT2D eigenvalue weighted by molar-refractivity contribution is 8.00. The molecule has 0 bridgehead atoms. The highest BCUT2D eigenvalue weighted by Crippen LogP contribution is 2.32. The van der Waals surface area contributed by atoms with Crippen molar-refractivity contribution in [2.45, 2.75) is 23.6 Å². The summed E-state index contributed by atoms with van der Waals surface area (Å²) in [5.74, 6) is -1.01. The van der Waals surface area contributed by atoms with E-state index in [1.54, 1.807) is 24.3 Å². The molecular formula is C28H25FN2O5S2. The first-order chi connectivity index (χ1) is 18.1. The highest BCUT2D eigenvalue weighted by Gasteiger charge is 2.18. The number of esters is 1. The molecule has 38 heavy (non-hydrogen) atoms. The monoisotopic (exact) mass is 552 g/mol. The van der Waals surface area contributed by atoms with Crippen molar-refractivity contribution in [3.63, 3.8) is 0 Å². The first-order valence-corrected chi connectivity index (χ1v) is 13.7. The van der Waals surface area contributed by atoms with E-state index in [0.717, 1.165) is 22.1 Å². The van der Waals surface area contributed by atoms with E-state index < -0.39 is 21.8 Å². The number of nitrogens with one attached hydrogen (secondary N) is 2. The lowest BCUT2D eigenvalue weighted by molar-refractivity contribution is 0.0601. The summed E-state index contributed by atoms with van der Waals surface area (Å²) in [4.78, 5) is 13.4. The quantitative estimate of drug-likeness (QED) is 0.172. The minimum absolute atomic E-state index is 0.0207. The molecule has 0 radical (unpaired) electrons. The Morgan fingerprint density at radius 1 is 0.816 bits per heavy atom. The molecule has 0 aromatic heterocycles. The van der Waals surface area contributed by atoms with E-state index in [1.165, 1.54) is 49.4 Å². The van der Waals surface area contributed by atoms with Gasteiger partial charge in [0, 0.05) is 11.0 Å². The molecule has 10 heteroatoms. The van der Waals surface area contributed by atoms with Crippen LogP contribution >= 0.6 is 11.9 Å². The van der Waals surface area contributed by atoms with Gasteiger partial charge in [-0.15, -0.1) is 0 Å². The van der Waals surface area contributed by atoms with Crippen LogP contribution in [0.2, 0.25) is 0 Å². The number of benzene rings is 4. The van der Waals surface area contributed by atoms with Gasteiger partial charge in [-0.1, -0.05) is 35.4 Å². The summed E-state index contributed by atoms with van der Waals surface area (Å²) >= 11 is 1.34. The lowest BCUT2D eigenvalue weighted by atomic mass is 10.1. The van der Waals surface area contributed by atoms with Gasteiger partial charge in [-0.3, -0.25) is 4.72 Å². The van der Waals surface area contributed by atoms with Crippen LogP contribution in [0, 0.1) is 19.7 Å². The fourth-order valence-corrected chi connectivity index (χ4v) is 5.12. The Hall–Kier alpha value is -4.02. The van der Waals surface area contributed by atoms with Crippen LogP contribution in [0.15, 0.2) is 94.7 Å². The summed E-state index contributed by atoms with van der Waals surface area (Å²) < 4.78 is 56.0. The van der Waals surface area contributed by atoms with Gasteiger partial charge in [0.1, 0.15) is 11.5 Å². The number of carbonyl (C=O) groups excluding carboxylic acids is 1. The second-order valence-electron chi connectivity index (χ2n) is 8.38. The normalized spacial score (nSPS) is 11.1. The number of hydrogen-bond acceptors (Lipinski definition) is 7. The molecular weight excluding hydrogens is 527 g/mol. The van der Waals surface area contributed by atoms with Gasteiger partial charge in [0.25, 0.3) is 10.0 Å². The molecule has 0 heterocycles. The third kappa shape index (κ3) is 6.64. The minimum Gasteiger partial charge on any atom is -0.465 e. The fraction of sp³-hybridized carbons (Fsp3) is 0.107. The molecule has 0 saturated carbocycles. The topological polar surface area (TPSA) is 93.7 Å². The van der Waals surface area contributed by atoms with E-state index in [9.17, 15) is 17.6 Å². The van der Waals surface area contributed by atoms with Crippen molar-refractivity contribution >= 4 is 39.3 Å². The van der Waals surface area contributed by atoms with Gasteiger partial charge in [0.2, 0.25) is 0 Å². The second-order valence-corrected chi connectivity index (χ2v) is 10.9. The van der Waals surface area contributed by atoms with Crippen LogP contribution < -0.4 is 14.2 Å². The van der Waals surface area contributed by atoms with Crippen molar-refractivity contribution in [2.24, 2.45) is 0 Å². The van der Waals surface area contributed by atoms with Crippen molar-refractivity contribution in [1.29, 1.82) is 0 Å². The van der Waals surface area contributed by atoms with Crippen molar-refractivity contribution in [2.75, 3.05) is 16.6 Å². The predicted molar refractivity (Wildman–Crippen MR) is 147 cm³/mol. The van der Waals surface area contributed by atoms with E-state index in [1.807, 2.05) is 38.1 Å². The van der Waals surface area contributed by atoms with Crippen LogP contribution in [0.4, 0.5) is 15.8 Å². The number of rotatable bonds is 9. The number of sulfonamides is 1. The first-order valence-electron chi connectivity index (χ1n) is 11.4. The Bertz CT molecular complexity index is 1560. The number of halogens is 1. The Kier molecular flexibility index (Phi) is 8.23. The van der Waals surface area contributed by atoms with Gasteiger partial charge in [-0.2, -0.15) is 0 Å². The van der Waals surface area contributed by atoms with Gasteiger partial charge in [-0.25, -0.2) is 17.6 Å². The molecule has 4 aromatic rings. The molecule has 4 rings (SSSR count). The zero-order valence-electron chi connectivity index (χ0n) is 20.8. The minimum atomic E-state index is -3.97. The maximum absolute atomic E-state index is 14.8. The van der Waals surface area contributed by atoms with Crippen molar-refractivity contribution in [1.82, 2.24) is 0 Å². The van der Waals surface area contributed by atoms with Crippen LogP contribution in [0.1, 0.15) is 21.5 Å². The lowest BCUT2D eigenvalue weighted by Crippen LogP contribution is -2.14. The maximum Gasteiger partial charge on any atom is 0.340 e. The zero-order chi connectivity index (χ0) is 27.3. The Labute approximate surface area is 225 Å². The van der Waals surface area contributed by atoms with Crippen molar-refractivity contribution in [3.8, 4) is 11.5 Å². The molecule has 0 spiro atoms. The average molecular weight is 553 g/mol. The summed E-state index contributed by atoms with van der Waals surface area (Å²) in [7, 11) is -2.69. The molecule has 2 N–H and O–H groups in total. The molecule has 4 aromatic carbocycles. The fourth-order valence-electron chi connectivity index (χ4n) is 3.37. The van der Waals surface area contributed by atoms with Gasteiger partial charge in [0.15, 0.2) is 5.82 Å². The first kappa shape index (κ1) is 27.0. The second kappa shape index (κ2) is 11.6. The van der Waals surface area contributed by atoms with Gasteiger partial charge >= 0.3 is 5.97 Å². The molecule has 0 fully saturated rings. The third-order valence-electron chi connectivity index (χ3n) is 5.45. The number of ether oxygens (including phenoxy) is 2. The van der Waals surface area contributed by atoms with Gasteiger partial charge in [0.05, 0.1) is 28.9 Å². The van der Waals surface area contributed by atoms with Crippen LogP contribution in [-0.4, -0.2) is 21.5 Å². The van der Waals surface area contributed by atoms with Crippen LogP contribution in [0.3, 0.4) is 0 Å². The zero-order valence-corrected chi connectivity index (χ0v) is 22.5. The maximum atomic E-state index is 14.8. The summed E-state index contributed by atoms with van der Waals surface area (Å²) in [5, 5.41) is 0. The molecule has 0 amide bonds. The standard InChI is InChI=1S/C28H25FN2O5S2/c1-18-4-10-22(11-5-18)37-30-26-14-8-20(16-24(26)28(32)35-3)36-21-9-15-27(25(29)17-21)31-38(33,34)23-12-6-19(2)7-13-23/h4-17,30-31H,1-3H3. The van der Waals surface area contributed by atoms with E-state index in [0.29, 0.717) is 5.69 Å². The van der Waals surface area contributed by atoms with Gasteiger partial charge < -0.3 is 14.2 Å². The third-order valence-corrected chi connectivity index (χ3v) is 7.66. The molecule has 7 nitrogen and oxygen atoms in total. The van der Waals surface area contributed by atoms with E-state index in [4.69, 9.17) is 9.47 Å². The SMILES string of the molecule is COC(=O)c1cc(Oc2ccc(NS(=O)(=O)c3ccc(C)cc3)c(F)c2)ccc1NSc1ccc(C)cc1. The largest absolute Gasteiger partial charge is 0.465 e. The Morgan fingerprint density at radius 3 is 2.00 bits per heavy atom. The lowest BCUT2D eigenvalue weighted by Gasteiger charge is -2.14. The number of carbonyl (C=O) groups is 1. The van der Waals surface area contributed by atoms with Crippen LogP contribution in [0.25, 0.3) is 0 Å². The Morgan fingerprint density at radius 2 is 1.39 bits per heavy atom. The number of methoxy groups -OCH3 is 1. The molecule has 196 valence electrons. The molecule has 0 saturated heterocycles. The summed E-state index contributed by atoms with van der Waals surface area (Å²) in [6.45, 7) is 3.84. The number of anilines is 2. The molecule has 0 atom stereocenters. The summed E-state index contributed by atoms with van der Waals surface area (Å²) in [6, 6.07) is 22.6. The molecule has 0 unspecified atom stereocenters. The van der Waals surface area contributed by atoms with Crippen LogP contribution in [0.5, 0.6) is 11.5 Å². The average Bonchev–Trinajstić information content (AvgIpc) is 2.90. The Balaban J connectivity index is 1.50. The number of hydrogen-bond donors (Lipinski definition) is 2. The summed E-state index contributed by atoms with van der Waals surface area (Å²) in [6.07, 6.45) is 0. The van der Waals surface area contributed by atoms with E-state index in [-0.39, 0.29) is 27.6 Å².